The number of hydrogen-bond acceptors (Lipinski definition) is 4. The molecule has 25 heavy (non-hydrogen) atoms. The van der Waals surface area contributed by atoms with Crippen LogP contribution in [0.1, 0.15) is 0 Å². The minimum absolute atomic E-state index is 0. The summed E-state index contributed by atoms with van der Waals surface area (Å²) in [5, 5.41) is 4.66. The van der Waals surface area contributed by atoms with E-state index in [1.54, 1.807) is 6.20 Å². The Morgan fingerprint density at radius 1 is 0.960 bits per heavy atom. The third kappa shape index (κ3) is 6.04. The second-order valence-electron chi connectivity index (χ2n) is 5.52. The van der Waals surface area contributed by atoms with E-state index < -0.39 is 0 Å². The number of likely N-dealkylation sites (N-methyl/N-ethyl adjacent to an activating group) is 1. The molecule has 0 unspecified atom stereocenters. The smallest absolute Gasteiger partial charge is 0.0914 e. The Bertz CT molecular complexity index is 769. The highest BCUT2D eigenvalue weighted by molar-refractivity contribution is 8.93. The van der Waals surface area contributed by atoms with Crippen molar-refractivity contribution < 1.29 is 5.48 Å². The summed E-state index contributed by atoms with van der Waals surface area (Å²) >= 11 is 0. The molecule has 2 heterocycles. The molecule has 0 aliphatic carbocycles. The third-order valence-electron chi connectivity index (χ3n) is 3.52. The van der Waals surface area contributed by atoms with Crippen LogP contribution in [0.4, 0.5) is 5.69 Å². The quantitative estimate of drug-likeness (QED) is 0.616. The Labute approximate surface area is 169 Å². The lowest BCUT2D eigenvalue weighted by Crippen LogP contribution is -2.20. The second kappa shape index (κ2) is 11.1. The maximum atomic E-state index is 4.74. The molecular weight excluding hydrogens is 448 g/mol. The lowest BCUT2D eigenvalue weighted by Gasteiger charge is -2.14. The van der Waals surface area contributed by atoms with Crippen molar-refractivity contribution >= 4 is 50.6 Å². The van der Waals surface area contributed by atoms with Gasteiger partial charge in [0, 0.05) is 30.4 Å². The van der Waals surface area contributed by atoms with Crippen LogP contribution in [0.15, 0.2) is 54.7 Å². The van der Waals surface area contributed by atoms with Crippen LogP contribution in [0, 0.1) is 0 Å². The first-order valence-electron chi connectivity index (χ1n) is 7.44. The van der Waals surface area contributed by atoms with Crippen molar-refractivity contribution in [3.63, 3.8) is 0 Å². The maximum Gasteiger partial charge on any atom is 0.0914 e. The molecule has 0 aliphatic rings. The van der Waals surface area contributed by atoms with Gasteiger partial charge < -0.3 is 15.7 Å². The number of halogens is 2. The molecule has 0 radical (unpaired) electrons. The maximum absolute atomic E-state index is 4.74. The summed E-state index contributed by atoms with van der Waals surface area (Å²) < 4.78 is 0. The van der Waals surface area contributed by atoms with Gasteiger partial charge in [-0.3, -0.25) is 4.98 Å². The number of aromatic nitrogens is 2. The minimum atomic E-state index is 0. The number of hydrogen-bond donors (Lipinski definition) is 1. The third-order valence-corrected chi connectivity index (χ3v) is 3.52. The zero-order valence-electron chi connectivity index (χ0n) is 14.3. The van der Waals surface area contributed by atoms with Crippen molar-refractivity contribution in [1.29, 1.82) is 0 Å². The Morgan fingerprint density at radius 2 is 1.68 bits per heavy atom. The Morgan fingerprint density at radius 3 is 2.36 bits per heavy atom. The Kier molecular flexibility index (Phi) is 10.5. The molecule has 3 N–H and O–H groups in total. The zero-order chi connectivity index (χ0) is 15.4. The van der Waals surface area contributed by atoms with Gasteiger partial charge in [-0.25, -0.2) is 4.98 Å². The molecule has 3 rings (SSSR count). The van der Waals surface area contributed by atoms with Gasteiger partial charge in [0.05, 0.1) is 16.9 Å². The highest BCUT2D eigenvalue weighted by atomic mass is 79.9. The van der Waals surface area contributed by atoms with Gasteiger partial charge in [0.15, 0.2) is 0 Å². The van der Waals surface area contributed by atoms with E-state index in [9.17, 15) is 0 Å². The molecular formula is C18H24Br2N4O. The van der Waals surface area contributed by atoms with E-state index in [1.165, 1.54) is 0 Å². The van der Waals surface area contributed by atoms with Crippen molar-refractivity contribution in [3.05, 3.63) is 54.7 Å². The standard InChI is InChI=1S/C18H20N4.2BrH.H2O/c1-22(2)12-11-20-17-13-18(16-9-5-6-10-19-16)21-15-8-4-3-7-14(15)17;;;/h3-10,13H,11-12H2,1-2H3,(H,20,21);2*1H;1H2. The summed E-state index contributed by atoms with van der Waals surface area (Å²) in [7, 11) is 4.15. The van der Waals surface area contributed by atoms with Gasteiger partial charge in [-0.15, -0.1) is 34.0 Å². The summed E-state index contributed by atoms with van der Waals surface area (Å²) in [6, 6.07) is 16.2. The number of fused-ring (bicyclic) bond motifs is 1. The molecule has 0 aliphatic heterocycles. The fourth-order valence-corrected chi connectivity index (χ4v) is 2.38. The second-order valence-corrected chi connectivity index (χ2v) is 5.52. The van der Waals surface area contributed by atoms with Gasteiger partial charge in [0.25, 0.3) is 0 Å². The van der Waals surface area contributed by atoms with Crippen LogP contribution in [0.2, 0.25) is 0 Å². The molecule has 0 amide bonds. The van der Waals surface area contributed by atoms with Crippen LogP contribution in [0.3, 0.4) is 0 Å². The predicted molar refractivity (Wildman–Crippen MR) is 116 cm³/mol. The first kappa shape index (κ1) is 23.5. The first-order valence-corrected chi connectivity index (χ1v) is 7.44. The molecule has 0 spiro atoms. The molecule has 5 nitrogen and oxygen atoms in total. The summed E-state index contributed by atoms with van der Waals surface area (Å²) in [6.45, 7) is 1.87. The van der Waals surface area contributed by atoms with E-state index >= 15 is 0 Å². The van der Waals surface area contributed by atoms with Crippen molar-refractivity contribution in [2.24, 2.45) is 0 Å². The summed E-state index contributed by atoms with van der Waals surface area (Å²) in [4.78, 5) is 11.3. The largest absolute Gasteiger partial charge is 0.412 e. The predicted octanol–water partition coefficient (Wildman–Crippen LogP) is 3.60. The molecule has 0 atom stereocenters. The van der Waals surface area contributed by atoms with Crippen LogP contribution in [-0.4, -0.2) is 47.5 Å². The van der Waals surface area contributed by atoms with Crippen molar-refractivity contribution in [3.8, 4) is 11.4 Å². The lowest BCUT2D eigenvalue weighted by molar-refractivity contribution is 0.425. The van der Waals surface area contributed by atoms with Crippen molar-refractivity contribution in [2.45, 2.75) is 0 Å². The summed E-state index contributed by atoms with van der Waals surface area (Å²) in [5.74, 6) is 0. The van der Waals surface area contributed by atoms with Crippen molar-refractivity contribution in [2.75, 3.05) is 32.5 Å². The van der Waals surface area contributed by atoms with E-state index in [0.29, 0.717) is 0 Å². The van der Waals surface area contributed by atoms with E-state index in [0.717, 1.165) is 41.1 Å². The monoisotopic (exact) mass is 470 g/mol. The highest BCUT2D eigenvalue weighted by Crippen LogP contribution is 2.27. The molecule has 0 fully saturated rings. The van der Waals surface area contributed by atoms with Gasteiger partial charge in [-0.05, 0) is 38.4 Å². The van der Waals surface area contributed by atoms with Crippen molar-refractivity contribution in [1.82, 2.24) is 14.9 Å². The van der Waals surface area contributed by atoms with Crippen LogP contribution < -0.4 is 5.32 Å². The molecule has 0 saturated heterocycles. The van der Waals surface area contributed by atoms with Gasteiger partial charge in [-0.1, -0.05) is 24.3 Å². The molecule has 7 heteroatoms. The molecule has 0 saturated carbocycles. The van der Waals surface area contributed by atoms with Gasteiger partial charge in [0.2, 0.25) is 0 Å². The molecule has 136 valence electrons. The molecule has 0 bridgehead atoms. The molecule has 2 aromatic heterocycles. The minimum Gasteiger partial charge on any atom is -0.412 e. The average Bonchev–Trinajstić information content (AvgIpc) is 2.55. The number of rotatable bonds is 5. The Hall–Kier alpha value is -1.54. The number of benzene rings is 1. The normalized spacial score (nSPS) is 9.72. The number of nitrogens with one attached hydrogen (secondary N) is 1. The summed E-state index contributed by atoms with van der Waals surface area (Å²) in [5.41, 5.74) is 3.88. The highest BCUT2D eigenvalue weighted by Gasteiger charge is 2.07. The number of para-hydroxylation sites is 1. The van der Waals surface area contributed by atoms with E-state index in [1.807, 2.05) is 36.4 Å². The number of anilines is 1. The fourth-order valence-electron chi connectivity index (χ4n) is 2.38. The van der Waals surface area contributed by atoms with Crippen LogP contribution in [-0.2, 0) is 0 Å². The topological polar surface area (TPSA) is 72.5 Å². The van der Waals surface area contributed by atoms with Crippen LogP contribution >= 0.6 is 34.0 Å². The van der Waals surface area contributed by atoms with E-state index in [-0.39, 0.29) is 39.4 Å². The van der Waals surface area contributed by atoms with Gasteiger partial charge in [0.1, 0.15) is 0 Å². The fraction of sp³-hybridized carbons (Fsp3) is 0.222. The van der Waals surface area contributed by atoms with E-state index in [2.05, 4.69) is 41.4 Å². The zero-order valence-corrected chi connectivity index (χ0v) is 17.7. The number of pyridine rings is 2. The van der Waals surface area contributed by atoms with Gasteiger partial charge in [-0.2, -0.15) is 0 Å². The van der Waals surface area contributed by atoms with Crippen LogP contribution in [0.5, 0.6) is 0 Å². The number of nitrogens with zero attached hydrogens (tertiary/aromatic N) is 3. The lowest BCUT2D eigenvalue weighted by atomic mass is 10.1. The van der Waals surface area contributed by atoms with Crippen LogP contribution in [0.25, 0.3) is 22.3 Å². The Balaban J connectivity index is 0.00000192. The van der Waals surface area contributed by atoms with E-state index in [4.69, 9.17) is 4.98 Å². The molecule has 3 aromatic rings. The first-order chi connectivity index (χ1) is 10.7. The average molecular weight is 472 g/mol. The SMILES string of the molecule is Br.Br.CN(C)CCNc1cc(-c2ccccn2)nc2ccccc12.O. The molecule has 1 aromatic carbocycles. The van der Waals surface area contributed by atoms with Gasteiger partial charge >= 0.3 is 0 Å². The summed E-state index contributed by atoms with van der Waals surface area (Å²) in [6.07, 6.45) is 1.80.